The fourth-order valence-corrected chi connectivity index (χ4v) is 4.26. The molecule has 10 heteroatoms. The summed E-state index contributed by atoms with van der Waals surface area (Å²) in [7, 11) is 4.90. The van der Waals surface area contributed by atoms with Gasteiger partial charge in [0.25, 0.3) is 11.1 Å². The Morgan fingerprint density at radius 3 is 2.41 bits per heavy atom. The van der Waals surface area contributed by atoms with Gasteiger partial charge in [0.05, 0.1) is 23.0 Å². The van der Waals surface area contributed by atoms with E-state index in [9.17, 15) is 19.2 Å². The number of hydrogen-bond acceptors (Lipinski definition) is 6. The van der Waals surface area contributed by atoms with Crippen LogP contribution in [0.2, 0.25) is 0 Å². The number of nitrogens with zero attached hydrogens (tertiary/aromatic N) is 3. The number of anilines is 1. The second-order valence-corrected chi connectivity index (χ2v) is 8.19. The molecule has 3 amide bonds. The number of thioether (sulfide) groups is 1. The molecule has 3 aromatic rings. The lowest BCUT2D eigenvalue weighted by Gasteiger charge is -2.12. The SMILES string of the molecule is COc1ccc(NC(=O)CN2C(=O)S/C(=C/c3ccc4c(c3)n(C)c(=O)n4C)C2=O)cc1. The van der Waals surface area contributed by atoms with Crippen LogP contribution in [0.3, 0.4) is 0 Å². The highest BCUT2D eigenvalue weighted by Crippen LogP contribution is 2.32. The Labute approximate surface area is 187 Å². The maximum atomic E-state index is 12.7. The number of rotatable bonds is 5. The van der Waals surface area contributed by atoms with E-state index in [0.29, 0.717) is 22.5 Å². The van der Waals surface area contributed by atoms with Gasteiger partial charge in [-0.2, -0.15) is 0 Å². The average Bonchev–Trinajstić information content (AvgIpc) is 3.16. The molecule has 0 spiro atoms. The molecule has 9 nitrogen and oxygen atoms in total. The van der Waals surface area contributed by atoms with E-state index in [2.05, 4.69) is 5.32 Å². The van der Waals surface area contributed by atoms with Crippen molar-refractivity contribution in [1.29, 1.82) is 0 Å². The Morgan fingerprint density at radius 1 is 1.03 bits per heavy atom. The van der Waals surface area contributed by atoms with Gasteiger partial charge in [-0.05, 0) is 59.8 Å². The van der Waals surface area contributed by atoms with E-state index in [0.717, 1.165) is 22.2 Å². The molecule has 1 aliphatic rings. The monoisotopic (exact) mass is 452 g/mol. The van der Waals surface area contributed by atoms with Gasteiger partial charge in [-0.25, -0.2) is 4.79 Å². The van der Waals surface area contributed by atoms with Gasteiger partial charge in [-0.15, -0.1) is 0 Å². The highest BCUT2D eigenvalue weighted by molar-refractivity contribution is 8.18. The third-order valence-electron chi connectivity index (χ3n) is 5.14. The summed E-state index contributed by atoms with van der Waals surface area (Å²) in [6, 6.07) is 12.0. The molecule has 2 aromatic carbocycles. The third kappa shape index (κ3) is 3.92. The van der Waals surface area contributed by atoms with Crippen molar-refractivity contribution < 1.29 is 19.1 Å². The van der Waals surface area contributed by atoms with Crippen molar-refractivity contribution in [3.05, 3.63) is 63.4 Å². The zero-order valence-corrected chi connectivity index (χ0v) is 18.4. The number of carbonyl (C=O) groups is 3. The summed E-state index contributed by atoms with van der Waals surface area (Å²) < 4.78 is 8.12. The summed E-state index contributed by atoms with van der Waals surface area (Å²) in [4.78, 5) is 50.7. The number of ether oxygens (including phenoxy) is 1. The van der Waals surface area contributed by atoms with Gasteiger partial charge >= 0.3 is 5.69 Å². The standard InChI is InChI=1S/C22H20N4O5S/c1-24-16-9-4-13(10-17(16)25(2)21(24)29)11-18-20(28)26(22(30)32-18)12-19(27)23-14-5-7-15(31-3)8-6-14/h4-11H,12H2,1-3H3,(H,23,27)/b18-11+. The summed E-state index contributed by atoms with van der Waals surface area (Å²) in [5, 5.41) is 2.14. The van der Waals surface area contributed by atoms with Crippen molar-refractivity contribution in [3.63, 3.8) is 0 Å². The number of imidazole rings is 1. The number of benzene rings is 2. The summed E-state index contributed by atoms with van der Waals surface area (Å²) in [5.74, 6) is -0.376. The second-order valence-electron chi connectivity index (χ2n) is 7.19. The molecule has 1 aromatic heterocycles. The lowest BCUT2D eigenvalue weighted by Crippen LogP contribution is -2.36. The van der Waals surface area contributed by atoms with Crippen LogP contribution in [0, 0.1) is 0 Å². The second kappa shape index (κ2) is 8.39. The molecular formula is C22H20N4O5S. The predicted octanol–water partition coefficient (Wildman–Crippen LogP) is 2.56. The highest BCUT2D eigenvalue weighted by atomic mass is 32.2. The van der Waals surface area contributed by atoms with Gasteiger partial charge in [0, 0.05) is 19.8 Å². The number of carbonyl (C=O) groups excluding carboxylic acids is 3. The molecular weight excluding hydrogens is 432 g/mol. The number of aryl methyl sites for hydroxylation is 2. The highest BCUT2D eigenvalue weighted by Gasteiger charge is 2.36. The van der Waals surface area contributed by atoms with E-state index < -0.39 is 17.1 Å². The van der Waals surface area contributed by atoms with Gasteiger partial charge in [-0.1, -0.05) is 6.07 Å². The molecule has 1 aliphatic heterocycles. The lowest BCUT2D eigenvalue weighted by molar-refractivity contribution is -0.127. The first-order valence-corrected chi connectivity index (χ1v) is 10.4. The van der Waals surface area contributed by atoms with Crippen LogP contribution in [-0.2, 0) is 23.7 Å². The molecule has 0 aliphatic carbocycles. The molecule has 0 atom stereocenters. The van der Waals surface area contributed by atoms with E-state index in [-0.39, 0.29) is 17.1 Å². The number of methoxy groups -OCH3 is 1. The minimum atomic E-state index is -0.535. The fourth-order valence-electron chi connectivity index (χ4n) is 3.42. The van der Waals surface area contributed by atoms with Crippen molar-refractivity contribution in [2.45, 2.75) is 0 Å². The maximum Gasteiger partial charge on any atom is 0.328 e. The van der Waals surface area contributed by atoms with Crippen molar-refractivity contribution in [1.82, 2.24) is 14.0 Å². The quantitative estimate of drug-likeness (QED) is 0.597. The molecule has 164 valence electrons. The van der Waals surface area contributed by atoms with Crippen LogP contribution in [-0.4, -0.2) is 44.7 Å². The zero-order chi connectivity index (χ0) is 23.0. The van der Waals surface area contributed by atoms with E-state index >= 15 is 0 Å². The summed E-state index contributed by atoms with van der Waals surface area (Å²) in [5.41, 5.74) is 2.52. The normalized spacial score (nSPS) is 15.1. The average molecular weight is 452 g/mol. The number of fused-ring (bicyclic) bond motifs is 1. The number of nitrogens with one attached hydrogen (secondary N) is 1. The fraction of sp³-hybridized carbons (Fsp3) is 0.182. The Kier molecular flexibility index (Phi) is 5.62. The Balaban J connectivity index is 1.50. The van der Waals surface area contributed by atoms with Crippen molar-refractivity contribution in [2.75, 3.05) is 19.0 Å². The molecule has 1 saturated heterocycles. The molecule has 1 N–H and O–H groups in total. The molecule has 32 heavy (non-hydrogen) atoms. The van der Waals surface area contributed by atoms with Gasteiger partial charge < -0.3 is 10.1 Å². The Morgan fingerprint density at radius 2 is 1.72 bits per heavy atom. The minimum absolute atomic E-state index is 0.152. The summed E-state index contributed by atoms with van der Waals surface area (Å²) in [6.07, 6.45) is 1.59. The van der Waals surface area contributed by atoms with Gasteiger partial charge in [-0.3, -0.25) is 28.4 Å². The maximum absolute atomic E-state index is 12.7. The predicted molar refractivity (Wildman–Crippen MR) is 122 cm³/mol. The minimum Gasteiger partial charge on any atom is -0.497 e. The molecule has 0 saturated carbocycles. The van der Waals surface area contributed by atoms with Crippen molar-refractivity contribution in [3.8, 4) is 5.75 Å². The van der Waals surface area contributed by atoms with Gasteiger partial charge in [0.2, 0.25) is 5.91 Å². The van der Waals surface area contributed by atoms with Crippen LogP contribution in [0.15, 0.2) is 52.2 Å². The zero-order valence-electron chi connectivity index (χ0n) is 17.6. The largest absolute Gasteiger partial charge is 0.497 e. The van der Waals surface area contributed by atoms with E-state index in [4.69, 9.17) is 4.74 Å². The van der Waals surface area contributed by atoms with Crippen LogP contribution in [0.25, 0.3) is 17.1 Å². The molecule has 1 fully saturated rings. The Hall–Kier alpha value is -3.79. The van der Waals surface area contributed by atoms with Crippen molar-refractivity contribution >= 4 is 51.6 Å². The van der Waals surface area contributed by atoms with E-state index in [1.54, 1.807) is 69.7 Å². The van der Waals surface area contributed by atoms with Crippen LogP contribution < -0.4 is 15.7 Å². The van der Waals surface area contributed by atoms with Crippen LogP contribution >= 0.6 is 11.8 Å². The van der Waals surface area contributed by atoms with E-state index in [1.807, 2.05) is 0 Å². The number of aromatic nitrogens is 2. The van der Waals surface area contributed by atoms with E-state index in [1.165, 1.54) is 9.13 Å². The van der Waals surface area contributed by atoms with Crippen LogP contribution in [0.1, 0.15) is 5.56 Å². The molecule has 2 heterocycles. The first-order chi connectivity index (χ1) is 15.3. The van der Waals surface area contributed by atoms with Crippen LogP contribution in [0.4, 0.5) is 10.5 Å². The summed E-state index contributed by atoms with van der Waals surface area (Å²) >= 11 is 0.776. The first kappa shape index (κ1) is 21.4. The smallest absolute Gasteiger partial charge is 0.328 e. The number of amides is 3. The molecule has 4 rings (SSSR count). The lowest BCUT2D eigenvalue weighted by atomic mass is 10.2. The number of hydrogen-bond donors (Lipinski definition) is 1. The van der Waals surface area contributed by atoms with Crippen molar-refractivity contribution in [2.24, 2.45) is 14.1 Å². The first-order valence-electron chi connectivity index (χ1n) is 9.63. The topological polar surface area (TPSA) is 103 Å². The van der Waals surface area contributed by atoms with Gasteiger partial charge in [0.1, 0.15) is 12.3 Å². The molecule has 0 unspecified atom stereocenters. The Bertz CT molecular complexity index is 1340. The number of imide groups is 1. The van der Waals surface area contributed by atoms with Gasteiger partial charge in [0.15, 0.2) is 0 Å². The molecule has 0 bridgehead atoms. The molecule has 0 radical (unpaired) electrons. The van der Waals surface area contributed by atoms with Crippen LogP contribution in [0.5, 0.6) is 5.75 Å². The summed E-state index contributed by atoms with van der Waals surface area (Å²) in [6.45, 7) is -0.389. The third-order valence-corrected chi connectivity index (χ3v) is 6.05.